The first-order valence-corrected chi connectivity index (χ1v) is 6.52. The fourth-order valence-electron chi connectivity index (χ4n) is 1.97. The minimum Gasteiger partial charge on any atom is -0.508 e. The maximum absolute atomic E-state index is 11.7. The van der Waals surface area contributed by atoms with Crippen molar-refractivity contribution in [1.82, 2.24) is 14.6 Å². The maximum Gasteiger partial charge on any atom is 0.341 e. The first-order valence-electron chi connectivity index (χ1n) is 6.52. The van der Waals surface area contributed by atoms with Crippen LogP contribution in [-0.2, 0) is 11.3 Å². The number of benzene rings is 1. The van der Waals surface area contributed by atoms with Gasteiger partial charge in [-0.1, -0.05) is 0 Å². The Balaban J connectivity index is 1.83. The molecule has 0 radical (unpaired) electrons. The molecule has 0 aliphatic rings. The molecule has 3 rings (SSSR count). The number of rotatable bonds is 4. The molecule has 112 valence electrons. The Kier molecular flexibility index (Phi) is 3.61. The van der Waals surface area contributed by atoms with Gasteiger partial charge in [-0.3, -0.25) is 0 Å². The van der Waals surface area contributed by atoms with E-state index in [0.29, 0.717) is 22.8 Å². The van der Waals surface area contributed by atoms with Gasteiger partial charge in [-0.05, 0) is 36.4 Å². The highest BCUT2D eigenvalue weighted by Gasteiger charge is 2.14. The van der Waals surface area contributed by atoms with Crippen LogP contribution < -0.4 is 4.74 Å². The summed E-state index contributed by atoms with van der Waals surface area (Å²) < 4.78 is 11.8. The van der Waals surface area contributed by atoms with Crippen LogP contribution in [0.4, 0.5) is 0 Å². The number of fused-ring (bicyclic) bond motifs is 1. The molecule has 0 saturated carbocycles. The van der Waals surface area contributed by atoms with E-state index >= 15 is 0 Å². The van der Waals surface area contributed by atoms with Gasteiger partial charge in [0.15, 0.2) is 11.5 Å². The number of phenolic OH excluding ortho intramolecular Hbond substituents is 1. The fraction of sp³-hybridized carbons (Fsp3) is 0.133. The third-order valence-corrected chi connectivity index (χ3v) is 3.02. The van der Waals surface area contributed by atoms with Crippen molar-refractivity contribution in [3.8, 4) is 11.5 Å². The van der Waals surface area contributed by atoms with E-state index in [1.54, 1.807) is 30.5 Å². The van der Waals surface area contributed by atoms with Gasteiger partial charge in [0, 0.05) is 6.20 Å². The predicted molar refractivity (Wildman–Crippen MR) is 76.8 cm³/mol. The average Bonchev–Trinajstić information content (AvgIpc) is 2.96. The molecule has 0 aliphatic heterocycles. The van der Waals surface area contributed by atoms with E-state index in [4.69, 9.17) is 9.47 Å². The summed E-state index contributed by atoms with van der Waals surface area (Å²) in [5.74, 6) is 0.721. The molecule has 0 saturated heterocycles. The molecule has 22 heavy (non-hydrogen) atoms. The van der Waals surface area contributed by atoms with Crippen LogP contribution in [0.5, 0.6) is 11.5 Å². The summed E-state index contributed by atoms with van der Waals surface area (Å²) in [6, 6.07) is 9.67. The summed E-state index contributed by atoms with van der Waals surface area (Å²) >= 11 is 0. The summed E-state index contributed by atoms with van der Waals surface area (Å²) in [7, 11) is 1.32. The van der Waals surface area contributed by atoms with Gasteiger partial charge in [-0.15, -0.1) is 5.10 Å². The van der Waals surface area contributed by atoms with Gasteiger partial charge in [0.1, 0.15) is 23.7 Å². The molecule has 2 aromatic heterocycles. The van der Waals surface area contributed by atoms with Gasteiger partial charge >= 0.3 is 5.97 Å². The van der Waals surface area contributed by atoms with Gasteiger partial charge in [0.2, 0.25) is 0 Å². The van der Waals surface area contributed by atoms with E-state index < -0.39 is 5.97 Å². The minimum absolute atomic E-state index is 0.146. The maximum atomic E-state index is 11.7. The lowest BCUT2D eigenvalue weighted by atomic mass is 10.3. The Morgan fingerprint density at radius 1 is 1.27 bits per heavy atom. The van der Waals surface area contributed by atoms with Crippen molar-refractivity contribution in [2.75, 3.05) is 7.11 Å². The van der Waals surface area contributed by atoms with E-state index in [1.165, 1.54) is 23.8 Å². The van der Waals surface area contributed by atoms with Gasteiger partial charge in [0.25, 0.3) is 0 Å². The van der Waals surface area contributed by atoms with E-state index in [9.17, 15) is 9.90 Å². The summed E-state index contributed by atoms with van der Waals surface area (Å²) in [6.07, 6.45) is 1.69. The van der Waals surface area contributed by atoms with E-state index in [-0.39, 0.29) is 12.4 Å². The molecular formula is C15H13N3O4. The molecule has 0 atom stereocenters. The SMILES string of the molecule is COC(=O)c1cccn2nc(COc3ccc(O)cc3)nc12. The number of hydrogen-bond acceptors (Lipinski definition) is 6. The van der Waals surface area contributed by atoms with Gasteiger partial charge in [-0.2, -0.15) is 0 Å². The lowest BCUT2D eigenvalue weighted by Crippen LogP contribution is -2.04. The first-order chi connectivity index (χ1) is 10.7. The molecule has 0 bridgehead atoms. The molecule has 2 heterocycles. The number of aromatic hydroxyl groups is 1. The fourth-order valence-corrected chi connectivity index (χ4v) is 1.97. The van der Waals surface area contributed by atoms with E-state index in [2.05, 4.69) is 10.1 Å². The topological polar surface area (TPSA) is 86.0 Å². The van der Waals surface area contributed by atoms with Crippen molar-refractivity contribution in [3.05, 3.63) is 54.0 Å². The predicted octanol–water partition coefficient (Wildman–Crippen LogP) is 1.80. The summed E-state index contributed by atoms with van der Waals surface area (Å²) in [4.78, 5) is 16.0. The third kappa shape index (κ3) is 2.69. The molecule has 0 fully saturated rings. The Bertz CT molecular complexity index is 811. The number of aromatic nitrogens is 3. The van der Waals surface area contributed by atoms with E-state index in [1.807, 2.05) is 0 Å². The van der Waals surface area contributed by atoms with E-state index in [0.717, 1.165) is 0 Å². The normalized spacial score (nSPS) is 10.6. The second-order valence-corrected chi connectivity index (χ2v) is 4.49. The molecule has 1 aromatic carbocycles. The molecule has 0 unspecified atom stereocenters. The van der Waals surface area contributed by atoms with Crippen LogP contribution >= 0.6 is 0 Å². The standard InChI is InChI=1S/C15H13N3O4/c1-21-15(20)12-3-2-8-18-14(12)16-13(17-18)9-22-11-6-4-10(19)5-7-11/h2-8,19H,9H2,1H3. The number of phenols is 1. The average molecular weight is 299 g/mol. The first kappa shape index (κ1) is 13.9. The summed E-state index contributed by atoms with van der Waals surface area (Å²) in [5, 5.41) is 13.5. The number of ether oxygens (including phenoxy) is 2. The van der Waals surface area contributed by atoms with Crippen molar-refractivity contribution < 1.29 is 19.4 Å². The highest BCUT2D eigenvalue weighted by atomic mass is 16.5. The quantitative estimate of drug-likeness (QED) is 0.739. The van der Waals surface area contributed by atoms with Crippen molar-refractivity contribution in [1.29, 1.82) is 0 Å². The molecule has 1 N–H and O–H groups in total. The zero-order valence-corrected chi connectivity index (χ0v) is 11.8. The van der Waals surface area contributed by atoms with Crippen molar-refractivity contribution in [3.63, 3.8) is 0 Å². The minimum atomic E-state index is -0.469. The molecule has 0 spiro atoms. The highest BCUT2D eigenvalue weighted by Crippen LogP contribution is 2.17. The smallest absolute Gasteiger partial charge is 0.341 e. The second kappa shape index (κ2) is 5.72. The zero-order chi connectivity index (χ0) is 15.5. The Hall–Kier alpha value is -3.09. The summed E-state index contributed by atoms with van der Waals surface area (Å²) in [5.41, 5.74) is 0.757. The van der Waals surface area contributed by atoms with Crippen molar-refractivity contribution >= 4 is 11.6 Å². The van der Waals surface area contributed by atoms with Crippen molar-refractivity contribution in [2.45, 2.75) is 6.61 Å². The van der Waals surface area contributed by atoms with Gasteiger partial charge < -0.3 is 14.6 Å². The molecule has 3 aromatic rings. The lowest BCUT2D eigenvalue weighted by Gasteiger charge is -2.02. The number of esters is 1. The number of pyridine rings is 1. The van der Waals surface area contributed by atoms with Crippen LogP contribution in [0.25, 0.3) is 5.65 Å². The lowest BCUT2D eigenvalue weighted by molar-refractivity contribution is 0.0602. The number of nitrogens with zero attached hydrogens (tertiary/aromatic N) is 3. The molecular weight excluding hydrogens is 286 g/mol. The highest BCUT2D eigenvalue weighted by molar-refractivity contribution is 5.95. The van der Waals surface area contributed by atoms with Crippen LogP contribution in [0.2, 0.25) is 0 Å². The largest absolute Gasteiger partial charge is 0.508 e. The zero-order valence-electron chi connectivity index (χ0n) is 11.8. The van der Waals surface area contributed by atoms with Crippen LogP contribution in [0, 0.1) is 0 Å². The van der Waals surface area contributed by atoms with Gasteiger partial charge in [0.05, 0.1) is 7.11 Å². The third-order valence-electron chi connectivity index (χ3n) is 3.02. The van der Waals surface area contributed by atoms with Gasteiger partial charge in [-0.25, -0.2) is 14.3 Å². The Morgan fingerprint density at radius 2 is 2.05 bits per heavy atom. The number of carbonyl (C=O) groups is 1. The van der Waals surface area contributed by atoms with Crippen LogP contribution in [0.1, 0.15) is 16.2 Å². The van der Waals surface area contributed by atoms with Crippen LogP contribution in [0.15, 0.2) is 42.6 Å². The van der Waals surface area contributed by atoms with Crippen LogP contribution in [0.3, 0.4) is 0 Å². The molecule has 7 nitrogen and oxygen atoms in total. The Morgan fingerprint density at radius 3 is 2.77 bits per heavy atom. The monoisotopic (exact) mass is 299 g/mol. The van der Waals surface area contributed by atoms with Crippen LogP contribution in [-0.4, -0.2) is 32.8 Å². The molecule has 0 aliphatic carbocycles. The molecule has 7 heteroatoms. The molecule has 0 amide bonds. The Labute approximate surface area is 125 Å². The van der Waals surface area contributed by atoms with Crippen molar-refractivity contribution in [2.24, 2.45) is 0 Å². The number of methoxy groups -OCH3 is 1. The summed E-state index contributed by atoms with van der Waals surface area (Å²) in [6.45, 7) is 0.146. The second-order valence-electron chi connectivity index (χ2n) is 4.49. The number of carbonyl (C=O) groups excluding carboxylic acids is 1. The number of hydrogen-bond donors (Lipinski definition) is 1.